The van der Waals surface area contributed by atoms with E-state index in [0.717, 1.165) is 9.87 Å². The zero-order chi connectivity index (χ0) is 17.0. The van der Waals surface area contributed by atoms with Gasteiger partial charge in [0.2, 0.25) is 10.0 Å². The van der Waals surface area contributed by atoms with Gasteiger partial charge in [-0.1, -0.05) is 29.8 Å². The molecule has 0 amide bonds. The van der Waals surface area contributed by atoms with Gasteiger partial charge in [-0.25, -0.2) is 17.5 Å². The van der Waals surface area contributed by atoms with E-state index in [2.05, 4.69) is 0 Å². The first kappa shape index (κ1) is 17.5. The van der Waals surface area contributed by atoms with Crippen LogP contribution in [0.15, 0.2) is 53.4 Å². The summed E-state index contributed by atoms with van der Waals surface area (Å²) in [4.78, 5) is 12.1. The molecule has 0 bridgehead atoms. The van der Waals surface area contributed by atoms with Crippen LogP contribution >= 0.6 is 11.6 Å². The van der Waals surface area contributed by atoms with Crippen molar-refractivity contribution in [3.05, 3.63) is 64.7 Å². The van der Waals surface area contributed by atoms with Crippen molar-refractivity contribution < 1.29 is 17.9 Å². The first-order chi connectivity index (χ1) is 10.8. The van der Waals surface area contributed by atoms with Gasteiger partial charge in [0.15, 0.2) is 0 Å². The minimum absolute atomic E-state index is 0.0414. The molecule has 2 rings (SSSR count). The largest absolute Gasteiger partial charge is 0.457 e. The third-order valence-corrected chi connectivity index (χ3v) is 5.15. The van der Waals surface area contributed by atoms with Crippen molar-refractivity contribution in [1.82, 2.24) is 4.31 Å². The van der Waals surface area contributed by atoms with E-state index in [0.29, 0.717) is 5.02 Å². The highest BCUT2D eigenvalue weighted by Crippen LogP contribution is 2.17. The second kappa shape index (κ2) is 7.12. The number of benzene rings is 2. The van der Waals surface area contributed by atoms with E-state index in [1.165, 1.54) is 38.4 Å². The van der Waals surface area contributed by atoms with E-state index in [1.807, 2.05) is 0 Å². The summed E-state index contributed by atoms with van der Waals surface area (Å²) in [5.74, 6) is -0.596. The number of hydrogen-bond donors (Lipinski definition) is 0. The molecule has 0 N–H and O–H groups in total. The molecular formula is C16H16ClNO4S. The van der Waals surface area contributed by atoms with Crippen LogP contribution in [-0.2, 0) is 21.4 Å². The van der Waals surface area contributed by atoms with Gasteiger partial charge in [0, 0.05) is 19.1 Å². The van der Waals surface area contributed by atoms with Crippen molar-refractivity contribution in [3.8, 4) is 0 Å². The van der Waals surface area contributed by atoms with Crippen molar-refractivity contribution in [1.29, 1.82) is 0 Å². The molecular weight excluding hydrogens is 338 g/mol. The summed E-state index contributed by atoms with van der Waals surface area (Å²) in [7, 11) is -0.737. The summed E-state index contributed by atoms with van der Waals surface area (Å²) in [6.45, 7) is 0.0596. The number of ether oxygens (including phenoxy) is 1. The lowest BCUT2D eigenvalue weighted by Gasteiger charge is -2.12. The zero-order valence-corrected chi connectivity index (χ0v) is 14.3. The fraction of sp³-hybridized carbons (Fsp3) is 0.188. The highest BCUT2D eigenvalue weighted by Gasteiger charge is 2.19. The van der Waals surface area contributed by atoms with E-state index in [9.17, 15) is 13.2 Å². The number of sulfonamides is 1. The number of halogens is 1. The predicted molar refractivity (Wildman–Crippen MR) is 87.9 cm³/mol. The van der Waals surface area contributed by atoms with Crippen LogP contribution in [0.3, 0.4) is 0 Å². The van der Waals surface area contributed by atoms with Gasteiger partial charge in [-0.15, -0.1) is 0 Å². The van der Waals surface area contributed by atoms with Gasteiger partial charge in [-0.3, -0.25) is 0 Å². The van der Waals surface area contributed by atoms with E-state index >= 15 is 0 Å². The number of hydrogen-bond acceptors (Lipinski definition) is 4. The molecule has 0 saturated carbocycles. The molecule has 7 heteroatoms. The Morgan fingerprint density at radius 1 is 1.13 bits per heavy atom. The molecule has 0 unspecified atom stereocenters. The van der Waals surface area contributed by atoms with Crippen LogP contribution in [0.2, 0.25) is 5.02 Å². The maximum atomic E-state index is 12.1. The number of rotatable bonds is 5. The maximum absolute atomic E-state index is 12.1. The van der Waals surface area contributed by atoms with Crippen molar-refractivity contribution in [2.45, 2.75) is 11.5 Å². The van der Waals surface area contributed by atoms with Gasteiger partial charge < -0.3 is 4.74 Å². The number of carbonyl (C=O) groups excluding carboxylic acids is 1. The summed E-state index contributed by atoms with van der Waals surface area (Å²) in [5, 5.41) is 0.553. The number of carbonyl (C=O) groups is 1. The average Bonchev–Trinajstić information content (AvgIpc) is 2.52. The Balaban J connectivity index is 2.14. The second-order valence-corrected chi connectivity index (χ2v) is 7.61. The lowest BCUT2D eigenvalue weighted by molar-refractivity contribution is 0.0472. The van der Waals surface area contributed by atoms with Gasteiger partial charge >= 0.3 is 5.97 Å². The molecule has 0 saturated heterocycles. The average molecular weight is 354 g/mol. The van der Waals surface area contributed by atoms with Crippen LogP contribution in [0.1, 0.15) is 15.9 Å². The van der Waals surface area contributed by atoms with E-state index in [4.69, 9.17) is 16.3 Å². The fourth-order valence-electron chi connectivity index (χ4n) is 1.85. The summed E-state index contributed by atoms with van der Waals surface area (Å²) in [6.07, 6.45) is 0. The first-order valence-corrected chi connectivity index (χ1v) is 8.56. The van der Waals surface area contributed by atoms with Gasteiger partial charge in [0.1, 0.15) is 6.61 Å². The van der Waals surface area contributed by atoms with Crippen molar-refractivity contribution in [2.75, 3.05) is 14.1 Å². The molecule has 23 heavy (non-hydrogen) atoms. The van der Waals surface area contributed by atoms with Crippen molar-refractivity contribution >= 4 is 27.6 Å². The normalized spacial score (nSPS) is 11.5. The van der Waals surface area contributed by atoms with E-state index in [-0.39, 0.29) is 17.1 Å². The van der Waals surface area contributed by atoms with Gasteiger partial charge in [0.25, 0.3) is 0 Å². The quantitative estimate of drug-likeness (QED) is 0.775. The Labute approximate surface area is 140 Å². The molecule has 0 atom stereocenters. The molecule has 122 valence electrons. The molecule has 0 aromatic heterocycles. The molecule has 0 aliphatic carbocycles. The zero-order valence-electron chi connectivity index (χ0n) is 12.7. The Morgan fingerprint density at radius 2 is 1.83 bits per heavy atom. The minimum atomic E-state index is -3.60. The number of nitrogens with zero attached hydrogens (tertiary/aromatic N) is 1. The fourth-order valence-corrected chi connectivity index (χ4v) is 3.01. The molecule has 5 nitrogen and oxygen atoms in total. The highest BCUT2D eigenvalue weighted by molar-refractivity contribution is 7.89. The highest BCUT2D eigenvalue weighted by atomic mass is 35.5. The summed E-state index contributed by atoms with van der Waals surface area (Å²) < 4.78 is 30.4. The SMILES string of the molecule is CN(C)S(=O)(=O)c1cccc(C(=O)OCc2cccc(Cl)c2)c1. The Kier molecular flexibility index (Phi) is 5.41. The Morgan fingerprint density at radius 3 is 2.48 bits per heavy atom. The Hall–Kier alpha value is -1.89. The standard InChI is InChI=1S/C16H16ClNO4S/c1-18(2)23(20,21)15-8-4-6-13(10-15)16(19)22-11-12-5-3-7-14(17)9-12/h3-10H,11H2,1-2H3. The van der Waals surface area contributed by atoms with Gasteiger partial charge in [-0.05, 0) is 35.9 Å². The third-order valence-electron chi connectivity index (χ3n) is 3.11. The molecule has 0 heterocycles. The lowest BCUT2D eigenvalue weighted by atomic mass is 10.2. The summed E-state index contributed by atoms with van der Waals surface area (Å²) in [5.41, 5.74) is 0.929. The molecule has 0 spiro atoms. The second-order valence-electron chi connectivity index (χ2n) is 5.02. The molecule has 0 radical (unpaired) electrons. The molecule has 0 aliphatic heterocycles. The van der Waals surface area contributed by atoms with Crippen LogP contribution in [0, 0.1) is 0 Å². The van der Waals surface area contributed by atoms with Crippen molar-refractivity contribution in [3.63, 3.8) is 0 Å². The van der Waals surface area contributed by atoms with Gasteiger partial charge in [0.05, 0.1) is 10.5 Å². The van der Waals surface area contributed by atoms with E-state index in [1.54, 1.807) is 24.3 Å². The molecule has 0 aliphatic rings. The minimum Gasteiger partial charge on any atom is -0.457 e. The summed E-state index contributed by atoms with van der Waals surface area (Å²) in [6, 6.07) is 12.7. The van der Waals surface area contributed by atoms with Crippen LogP contribution in [-0.4, -0.2) is 32.8 Å². The summed E-state index contributed by atoms with van der Waals surface area (Å²) >= 11 is 5.87. The Bertz CT molecular complexity index is 818. The first-order valence-electron chi connectivity index (χ1n) is 6.75. The van der Waals surface area contributed by atoms with Crippen LogP contribution < -0.4 is 0 Å². The van der Waals surface area contributed by atoms with Crippen LogP contribution in [0.25, 0.3) is 0 Å². The molecule has 2 aromatic carbocycles. The number of esters is 1. The van der Waals surface area contributed by atoms with E-state index < -0.39 is 16.0 Å². The monoisotopic (exact) mass is 353 g/mol. The topological polar surface area (TPSA) is 63.7 Å². The third kappa shape index (κ3) is 4.31. The smallest absolute Gasteiger partial charge is 0.338 e. The van der Waals surface area contributed by atoms with Gasteiger partial charge in [-0.2, -0.15) is 0 Å². The maximum Gasteiger partial charge on any atom is 0.338 e. The predicted octanol–water partition coefficient (Wildman–Crippen LogP) is 2.95. The van der Waals surface area contributed by atoms with Crippen LogP contribution in [0.4, 0.5) is 0 Å². The van der Waals surface area contributed by atoms with Crippen LogP contribution in [0.5, 0.6) is 0 Å². The van der Waals surface area contributed by atoms with Crippen molar-refractivity contribution in [2.24, 2.45) is 0 Å². The lowest BCUT2D eigenvalue weighted by Crippen LogP contribution is -2.22. The molecule has 2 aromatic rings. The molecule has 0 fully saturated rings.